The van der Waals surface area contributed by atoms with E-state index in [1.807, 2.05) is 11.3 Å². The summed E-state index contributed by atoms with van der Waals surface area (Å²) in [5.41, 5.74) is 1.23. The van der Waals surface area contributed by atoms with Crippen LogP contribution >= 0.6 is 11.3 Å². The zero-order chi connectivity index (χ0) is 9.80. The van der Waals surface area contributed by atoms with Crippen LogP contribution in [0.4, 0.5) is 0 Å². The van der Waals surface area contributed by atoms with Crippen molar-refractivity contribution < 1.29 is 0 Å². The Kier molecular flexibility index (Phi) is 3.09. The van der Waals surface area contributed by atoms with Crippen molar-refractivity contribution in [2.45, 2.75) is 26.2 Å². The molecule has 0 fully saturated rings. The summed E-state index contributed by atoms with van der Waals surface area (Å²) in [6, 6.07) is 4.46. The lowest BCUT2D eigenvalue weighted by Crippen LogP contribution is -2.13. The minimum Gasteiger partial charge on any atom is -0.372 e. The van der Waals surface area contributed by atoms with Gasteiger partial charge in [0.05, 0.1) is 17.2 Å². The van der Waals surface area contributed by atoms with Gasteiger partial charge in [-0.05, 0) is 25.0 Å². The Hall–Kier alpha value is -0.960. The third-order valence-electron chi connectivity index (χ3n) is 2.33. The molecule has 0 radical (unpaired) electrons. The van der Waals surface area contributed by atoms with Crippen LogP contribution in [-0.4, -0.2) is 6.67 Å². The fraction of sp³-hybridized carbons (Fsp3) is 0.455. The van der Waals surface area contributed by atoms with Gasteiger partial charge in [-0.2, -0.15) is 0 Å². The molecule has 1 aromatic rings. The Morgan fingerprint density at radius 2 is 2.36 bits per heavy atom. The van der Waals surface area contributed by atoms with Gasteiger partial charge in [0.1, 0.15) is 0 Å². The van der Waals surface area contributed by atoms with Crippen LogP contribution in [0.1, 0.15) is 29.5 Å². The molecule has 14 heavy (non-hydrogen) atoms. The van der Waals surface area contributed by atoms with E-state index in [0.29, 0.717) is 0 Å². The summed E-state index contributed by atoms with van der Waals surface area (Å²) in [5.74, 6) is 0. The zero-order valence-electron chi connectivity index (χ0n) is 8.47. The Morgan fingerprint density at radius 3 is 3.07 bits per heavy atom. The lowest BCUT2D eigenvalue weighted by atomic mass is 10.2. The van der Waals surface area contributed by atoms with Crippen molar-refractivity contribution in [2.75, 3.05) is 6.67 Å². The van der Waals surface area contributed by atoms with E-state index in [-0.39, 0.29) is 0 Å². The van der Waals surface area contributed by atoms with Gasteiger partial charge in [0, 0.05) is 11.1 Å². The first kappa shape index (κ1) is 9.59. The number of hydrogen-bond donors (Lipinski definition) is 2. The highest BCUT2D eigenvalue weighted by Crippen LogP contribution is 2.24. The van der Waals surface area contributed by atoms with E-state index in [1.54, 1.807) is 0 Å². The van der Waals surface area contributed by atoms with Crippen LogP contribution in [0.2, 0.25) is 0 Å². The highest BCUT2D eigenvalue weighted by Gasteiger charge is 2.07. The van der Waals surface area contributed by atoms with Crippen molar-refractivity contribution in [2.24, 2.45) is 0 Å². The van der Waals surface area contributed by atoms with E-state index in [2.05, 4.69) is 35.9 Å². The van der Waals surface area contributed by atoms with Crippen molar-refractivity contribution in [3.05, 3.63) is 28.1 Å². The first-order valence-electron chi connectivity index (χ1n) is 5.16. The summed E-state index contributed by atoms with van der Waals surface area (Å²) < 4.78 is 0. The average Bonchev–Trinajstić information content (AvgIpc) is 2.85. The van der Waals surface area contributed by atoms with Gasteiger partial charge in [-0.15, -0.1) is 11.3 Å². The van der Waals surface area contributed by atoms with Crippen LogP contribution in [0.15, 0.2) is 18.3 Å². The van der Waals surface area contributed by atoms with Crippen LogP contribution in [-0.2, 0) is 6.42 Å². The minimum atomic E-state index is 0.859. The molecule has 0 unspecified atom stereocenters. The monoisotopic (exact) mass is 208 g/mol. The molecule has 2 N–H and O–H groups in total. The molecule has 1 aliphatic rings. The van der Waals surface area contributed by atoms with Crippen LogP contribution in [0.5, 0.6) is 0 Å². The molecule has 2 heterocycles. The number of rotatable bonds is 4. The van der Waals surface area contributed by atoms with Gasteiger partial charge in [0.25, 0.3) is 0 Å². The second-order valence-corrected chi connectivity index (χ2v) is 4.65. The third-order valence-corrected chi connectivity index (χ3v) is 3.51. The largest absolute Gasteiger partial charge is 0.372 e. The lowest BCUT2D eigenvalue weighted by Gasteiger charge is -1.97. The average molecular weight is 208 g/mol. The summed E-state index contributed by atoms with van der Waals surface area (Å²) in [6.07, 6.45) is 5.84. The van der Waals surface area contributed by atoms with Gasteiger partial charge in [-0.1, -0.05) is 13.3 Å². The predicted octanol–water partition coefficient (Wildman–Crippen LogP) is 2.54. The molecule has 0 aliphatic carbocycles. The van der Waals surface area contributed by atoms with Crippen molar-refractivity contribution in [1.82, 2.24) is 10.6 Å². The van der Waals surface area contributed by atoms with Crippen molar-refractivity contribution >= 4 is 17.0 Å². The molecule has 0 spiro atoms. The second-order valence-electron chi connectivity index (χ2n) is 3.49. The minimum absolute atomic E-state index is 0.859. The van der Waals surface area contributed by atoms with Crippen LogP contribution in [0, 0.1) is 0 Å². The lowest BCUT2D eigenvalue weighted by molar-refractivity contribution is 0.804. The van der Waals surface area contributed by atoms with Crippen molar-refractivity contribution in [3.63, 3.8) is 0 Å². The van der Waals surface area contributed by atoms with Gasteiger partial charge < -0.3 is 10.6 Å². The molecule has 76 valence electrons. The topological polar surface area (TPSA) is 24.1 Å². The van der Waals surface area contributed by atoms with E-state index in [4.69, 9.17) is 0 Å². The van der Waals surface area contributed by atoms with Crippen molar-refractivity contribution in [3.8, 4) is 0 Å². The normalized spacial score (nSPS) is 14.8. The van der Waals surface area contributed by atoms with Crippen LogP contribution in [0.3, 0.4) is 0 Å². The first-order chi connectivity index (χ1) is 6.90. The van der Waals surface area contributed by atoms with E-state index in [0.717, 1.165) is 6.67 Å². The SMILES string of the molecule is CCCCc1ccc(C2=CNCN2)s1. The highest BCUT2D eigenvalue weighted by atomic mass is 32.1. The summed E-state index contributed by atoms with van der Waals surface area (Å²) in [4.78, 5) is 2.84. The molecule has 0 atom stereocenters. The predicted molar refractivity (Wildman–Crippen MR) is 62.0 cm³/mol. The molecule has 3 heteroatoms. The first-order valence-corrected chi connectivity index (χ1v) is 5.98. The summed E-state index contributed by atoms with van der Waals surface area (Å²) in [7, 11) is 0. The summed E-state index contributed by atoms with van der Waals surface area (Å²) in [6.45, 7) is 3.09. The number of hydrogen-bond acceptors (Lipinski definition) is 3. The Balaban J connectivity index is 2.02. The Labute approximate surface area is 89.0 Å². The quantitative estimate of drug-likeness (QED) is 0.794. The van der Waals surface area contributed by atoms with E-state index in [1.165, 1.54) is 34.7 Å². The molecule has 0 saturated carbocycles. The number of unbranched alkanes of at least 4 members (excludes halogenated alkanes) is 1. The molecule has 1 aromatic heterocycles. The standard InChI is InChI=1S/C11H16N2S/c1-2-3-4-9-5-6-11(14-9)10-7-12-8-13-10/h5-7,12-13H,2-4,8H2,1H3. The molecular weight excluding hydrogens is 192 g/mol. The Morgan fingerprint density at radius 1 is 1.43 bits per heavy atom. The summed E-state index contributed by atoms with van der Waals surface area (Å²) >= 11 is 1.90. The van der Waals surface area contributed by atoms with E-state index in [9.17, 15) is 0 Å². The Bertz CT molecular complexity index is 328. The van der Waals surface area contributed by atoms with Crippen LogP contribution < -0.4 is 10.6 Å². The molecule has 2 nitrogen and oxygen atoms in total. The number of aryl methyl sites for hydroxylation is 1. The van der Waals surface area contributed by atoms with E-state index < -0.39 is 0 Å². The highest BCUT2D eigenvalue weighted by molar-refractivity contribution is 7.13. The van der Waals surface area contributed by atoms with Gasteiger partial charge >= 0.3 is 0 Å². The number of thiophene rings is 1. The smallest absolute Gasteiger partial charge is 0.0846 e. The van der Waals surface area contributed by atoms with E-state index >= 15 is 0 Å². The molecular formula is C11H16N2S. The fourth-order valence-corrected chi connectivity index (χ4v) is 2.56. The maximum atomic E-state index is 3.30. The maximum Gasteiger partial charge on any atom is 0.0846 e. The van der Waals surface area contributed by atoms with Crippen molar-refractivity contribution in [1.29, 1.82) is 0 Å². The van der Waals surface area contributed by atoms with Gasteiger partial charge in [0.15, 0.2) is 0 Å². The molecule has 0 saturated heterocycles. The summed E-state index contributed by atoms with van der Waals surface area (Å²) in [5, 5.41) is 6.46. The van der Waals surface area contributed by atoms with Gasteiger partial charge in [-0.25, -0.2) is 0 Å². The van der Waals surface area contributed by atoms with Crippen LogP contribution in [0.25, 0.3) is 5.70 Å². The molecule has 1 aliphatic heterocycles. The van der Waals surface area contributed by atoms with Gasteiger partial charge in [0.2, 0.25) is 0 Å². The maximum absolute atomic E-state index is 3.30. The third kappa shape index (κ3) is 2.10. The zero-order valence-corrected chi connectivity index (χ0v) is 9.29. The van der Waals surface area contributed by atoms with Gasteiger partial charge in [-0.3, -0.25) is 0 Å². The molecule has 0 bridgehead atoms. The number of nitrogens with one attached hydrogen (secondary N) is 2. The molecule has 2 rings (SSSR count). The molecule has 0 aromatic carbocycles. The molecule has 0 amide bonds. The fourth-order valence-electron chi connectivity index (χ4n) is 1.52. The second kappa shape index (κ2) is 4.51.